The van der Waals surface area contributed by atoms with Gasteiger partial charge in [-0.1, -0.05) is 36.4 Å². The molecule has 0 bridgehead atoms. The van der Waals surface area contributed by atoms with Gasteiger partial charge < -0.3 is 10.6 Å². The molecule has 0 aliphatic carbocycles. The van der Waals surface area contributed by atoms with Crippen molar-refractivity contribution < 1.29 is 19.2 Å². The van der Waals surface area contributed by atoms with Gasteiger partial charge in [0.25, 0.3) is 0 Å². The van der Waals surface area contributed by atoms with Gasteiger partial charge in [0, 0.05) is 19.6 Å². The van der Waals surface area contributed by atoms with E-state index < -0.39 is 30.3 Å². The Balaban J connectivity index is 2.10. The summed E-state index contributed by atoms with van der Waals surface area (Å²) in [6.07, 6.45) is 1.93. The van der Waals surface area contributed by atoms with Gasteiger partial charge in [-0.25, -0.2) is 9.69 Å². The highest BCUT2D eigenvalue weighted by molar-refractivity contribution is 6.45. The summed E-state index contributed by atoms with van der Waals surface area (Å²) in [6.45, 7) is 4.03. The number of carbonyl (C=O) groups excluding carboxylic acids is 4. The van der Waals surface area contributed by atoms with Crippen LogP contribution in [0.15, 0.2) is 43.0 Å². The molecule has 8 heteroatoms. The fourth-order valence-corrected chi connectivity index (χ4v) is 2.59. The average molecular weight is 358 g/mol. The van der Waals surface area contributed by atoms with Crippen molar-refractivity contribution in [3.8, 4) is 0 Å². The lowest BCUT2D eigenvalue weighted by molar-refractivity contribution is -0.144. The van der Waals surface area contributed by atoms with E-state index in [2.05, 4.69) is 6.58 Å². The quantitative estimate of drug-likeness (QED) is 0.389. The number of amides is 5. The number of hydrogen-bond acceptors (Lipinski definition) is 5. The number of carbonyl (C=O) groups is 4. The van der Waals surface area contributed by atoms with Crippen LogP contribution in [0.2, 0.25) is 0 Å². The van der Waals surface area contributed by atoms with Crippen molar-refractivity contribution in [3.05, 3.63) is 48.6 Å². The zero-order valence-electron chi connectivity index (χ0n) is 14.5. The molecule has 2 rings (SSSR count). The van der Waals surface area contributed by atoms with E-state index >= 15 is 0 Å². The molecule has 0 spiro atoms. The molecule has 1 fully saturated rings. The molecule has 2 N–H and O–H groups in total. The number of hydrogen-bond donors (Lipinski definition) is 1. The van der Waals surface area contributed by atoms with Crippen LogP contribution in [0.4, 0.5) is 4.79 Å². The van der Waals surface area contributed by atoms with Gasteiger partial charge in [-0.15, -0.1) is 6.58 Å². The summed E-state index contributed by atoms with van der Waals surface area (Å²) in [7, 11) is 0. The molecule has 0 unspecified atom stereocenters. The zero-order chi connectivity index (χ0) is 19.1. The van der Waals surface area contributed by atoms with Crippen molar-refractivity contribution in [2.75, 3.05) is 26.2 Å². The van der Waals surface area contributed by atoms with Crippen LogP contribution in [0.5, 0.6) is 0 Å². The predicted molar refractivity (Wildman–Crippen MR) is 94.5 cm³/mol. The van der Waals surface area contributed by atoms with E-state index in [1.54, 1.807) is 0 Å². The fraction of sp³-hybridized carbons (Fsp3) is 0.333. The molecule has 0 saturated carbocycles. The molecule has 5 amide bonds. The smallest absolute Gasteiger partial charge is 0.335 e. The van der Waals surface area contributed by atoms with E-state index in [0.29, 0.717) is 31.0 Å². The predicted octanol–water partition coefficient (Wildman–Crippen LogP) is 0.341. The lowest BCUT2D eigenvalue weighted by Gasteiger charge is -2.24. The van der Waals surface area contributed by atoms with Crippen LogP contribution in [-0.2, 0) is 20.9 Å². The maximum Gasteiger partial charge on any atom is 0.335 e. The Morgan fingerprint density at radius 3 is 2.38 bits per heavy atom. The molecular formula is C18H22N4O4. The van der Waals surface area contributed by atoms with Gasteiger partial charge in [-0.3, -0.25) is 19.3 Å². The molecule has 8 nitrogen and oxygen atoms in total. The molecule has 138 valence electrons. The minimum absolute atomic E-state index is 0.0744. The summed E-state index contributed by atoms with van der Waals surface area (Å²) < 4.78 is 0. The normalized spacial score (nSPS) is 14.1. The standard InChI is InChI=1S/C18H22N4O4/c1-2-10-21-16(24)17(25)22(18(21)26)13-15(23)20(11-6-9-19)12-14-7-4-3-5-8-14/h2-5,7-8H,1,6,9-13,19H2. The maximum atomic E-state index is 12.7. The first-order valence-electron chi connectivity index (χ1n) is 8.29. The first-order valence-corrected chi connectivity index (χ1v) is 8.29. The van der Waals surface area contributed by atoms with Gasteiger partial charge in [0.05, 0.1) is 0 Å². The van der Waals surface area contributed by atoms with E-state index in [-0.39, 0.29) is 6.54 Å². The van der Waals surface area contributed by atoms with Crippen LogP contribution in [0.25, 0.3) is 0 Å². The Kier molecular flexibility index (Phi) is 6.62. The second-order valence-corrected chi connectivity index (χ2v) is 5.82. The third-order valence-corrected chi connectivity index (χ3v) is 3.94. The second kappa shape index (κ2) is 8.91. The Labute approximate surface area is 151 Å². The van der Waals surface area contributed by atoms with Gasteiger partial charge in [0.2, 0.25) is 5.91 Å². The minimum atomic E-state index is -0.997. The van der Waals surface area contributed by atoms with Crippen molar-refractivity contribution in [1.82, 2.24) is 14.7 Å². The third-order valence-electron chi connectivity index (χ3n) is 3.94. The second-order valence-electron chi connectivity index (χ2n) is 5.82. The molecule has 26 heavy (non-hydrogen) atoms. The topological polar surface area (TPSA) is 104 Å². The third kappa shape index (κ3) is 4.34. The summed E-state index contributed by atoms with van der Waals surface area (Å²) in [4.78, 5) is 51.7. The molecule has 0 radical (unpaired) electrons. The molecule has 1 aromatic rings. The first kappa shape index (κ1) is 19.3. The molecule has 1 aromatic carbocycles. The van der Waals surface area contributed by atoms with Crippen molar-refractivity contribution in [2.24, 2.45) is 5.73 Å². The maximum absolute atomic E-state index is 12.7. The lowest BCUT2D eigenvalue weighted by Crippen LogP contribution is -2.43. The molecule has 1 aliphatic heterocycles. The van der Waals surface area contributed by atoms with Crippen molar-refractivity contribution in [2.45, 2.75) is 13.0 Å². The zero-order valence-corrected chi connectivity index (χ0v) is 14.5. The Morgan fingerprint density at radius 1 is 1.12 bits per heavy atom. The van der Waals surface area contributed by atoms with Crippen LogP contribution in [0.3, 0.4) is 0 Å². The van der Waals surface area contributed by atoms with Gasteiger partial charge >= 0.3 is 17.8 Å². The van der Waals surface area contributed by atoms with Crippen LogP contribution in [0.1, 0.15) is 12.0 Å². The summed E-state index contributed by atoms with van der Waals surface area (Å²) in [5, 5.41) is 0. The number of imide groups is 2. The number of nitrogens with zero attached hydrogens (tertiary/aromatic N) is 3. The van der Waals surface area contributed by atoms with Gasteiger partial charge in [0.1, 0.15) is 6.54 Å². The van der Waals surface area contributed by atoms with E-state index in [4.69, 9.17) is 5.73 Å². The van der Waals surface area contributed by atoms with E-state index in [1.807, 2.05) is 30.3 Å². The first-order chi connectivity index (χ1) is 12.5. The van der Waals surface area contributed by atoms with Gasteiger partial charge in [0.15, 0.2) is 0 Å². The Hall–Kier alpha value is -3.00. The highest BCUT2D eigenvalue weighted by Crippen LogP contribution is 2.13. The summed E-state index contributed by atoms with van der Waals surface area (Å²) in [5.41, 5.74) is 6.45. The molecule has 1 heterocycles. The van der Waals surface area contributed by atoms with Crippen LogP contribution < -0.4 is 5.73 Å². The summed E-state index contributed by atoms with van der Waals surface area (Å²) in [6, 6.07) is 8.55. The molecule has 1 aliphatic rings. The number of urea groups is 1. The number of nitrogens with two attached hydrogens (primary N) is 1. The Bertz CT molecular complexity index is 704. The molecule has 0 aromatic heterocycles. The average Bonchev–Trinajstić information content (AvgIpc) is 2.84. The van der Waals surface area contributed by atoms with Crippen molar-refractivity contribution in [1.29, 1.82) is 0 Å². The van der Waals surface area contributed by atoms with E-state index in [1.165, 1.54) is 11.0 Å². The van der Waals surface area contributed by atoms with Crippen molar-refractivity contribution in [3.63, 3.8) is 0 Å². The lowest BCUT2D eigenvalue weighted by atomic mass is 10.2. The van der Waals surface area contributed by atoms with Gasteiger partial charge in [-0.2, -0.15) is 0 Å². The molecular weight excluding hydrogens is 336 g/mol. The highest BCUT2D eigenvalue weighted by Gasteiger charge is 2.44. The molecule has 1 saturated heterocycles. The minimum Gasteiger partial charge on any atom is -0.337 e. The van der Waals surface area contributed by atoms with Crippen molar-refractivity contribution >= 4 is 23.8 Å². The largest absolute Gasteiger partial charge is 0.337 e. The Morgan fingerprint density at radius 2 is 1.77 bits per heavy atom. The summed E-state index contributed by atoms with van der Waals surface area (Å²) in [5.74, 6) is -2.36. The molecule has 0 atom stereocenters. The van der Waals surface area contributed by atoms with E-state index in [0.717, 1.165) is 10.5 Å². The fourth-order valence-electron chi connectivity index (χ4n) is 2.59. The van der Waals surface area contributed by atoms with Crippen LogP contribution in [-0.4, -0.2) is 64.6 Å². The number of rotatable bonds is 9. The monoisotopic (exact) mass is 358 g/mol. The van der Waals surface area contributed by atoms with Crippen LogP contribution >= 0.6 is 0 Å². The summed E-state index contributed by atoms with van der Waals surface area (Å²) >= 11 is 0. The highest BCUT2D eigenvalue weighted by atomic mass is 16.2. The number of benzene rings is 1. The van der Waals surface area contributed by atoms with Crippen LogP contribution in [0, 0.1) is 0 Å². The van der Waals surface area contributed by atoms with Gasteiger partial charge in [-0.05, 0) is 18.5 Å². The SMILES string of the molecule is C=CCN1C(=O)C(=O)N(CC(=O)N(CCCN)Cc2ccccc2)C1=O. The van der Waals surface area contributed by atoms with E-state index in [9.17, 15) is 19.2 Å².